The number of benzene rings is 1. The molecule has 0 spiro atoms. The van der Waals surface area contributed by atoms with Crippen LogP contribution in [0, 0.1) is 5.92 Å². The Hall–Kier alpha value is -0.930. The fourth-order valence-electron chi connectivity index (χ4n) is 2.11. The average molecular weight is 246 g/mol. The first-order valence-corrected chi connectivity index (χ1v) is 7.28. The minimum atomic E-state index is 0.921. The molecule has 2 aromatic rings. The highest BCUT2D eigenvalue weighted by Gasteiger charge is 2.19. The smallest absolute Gasteiger partial charge is 0.108 e. The van der Waals surface area contributed by atoms with Crippen molar-refractivity contribution in [1.82, 2.24) is 10.3 Å². The largest absolute Gasteiger partial charge is 0.310 e. The molecule has 0 unspecified atom stereocenters. The minimum absolute atomic E-state index is 0.921. The van der Waals surface area contributed by atoms with Crippen LogP contribution in [0.5, 0.6) is 0 Å². The number of thiazole rings is 1. The lowest BCUT2D eigenvalue weighted by atomic mass is 10.2. The molecule has 2 nitrogen and oxygen atoms in total. The maximum Gasteiger partial charge on any atom is 0.108 e. The molecule has 0 aliphatic heterocycles. The van der Waals surface area contributed by atoms with Gasteiger partial charge in [0, 0.05) is 6.54 Å². The van der Waals surface area contributed by atoms with E-state index in [1.54, 1.807) is 11.3 Å². The molecular weight excluding hydrogens is 228 g/mol. The van der Waals surface area contributed by atoms with Gasteiger partial charge in [-0.1, -0.05) is 25.0 Å². The van der Waals surface area contributed by atoms with Gasteiger partial charge in [-0.15, -0.1) is 11.3 Å². The van der Waals surface area contributed by atoms with Crippen LogP contribution < -0.4 is 5.32 Å². The molecular formula is C14H18N2S. The molecule has 1 heterocycles. The number of nitrogens with zero attached hydrogens (tertiary/aromatic N) is 1. The molecule has 3 heteroatoms. The van der Waals surface area contributed by atoms with Crippen molar-refractivity contribution >= 4 is 21.6 Å². The lowest BCUT2D eigenvalue weighted by Crippen LogP contribution is -2.14. The van der Waals surface area contributed by atoms with Gasteiger partial charge in [0.2, 0.25) is 0 Å². The van der Waals surface area contributed by atoms with Crippen LogP contribution >= 0.6 is 11.3 Å². The second-order valence-corrected chi connectivity index (χ2v) is 5.95. The Morgan fingerprint density at radius 1 is 1.29 bits per heavy atom. The van der Waals surface area contributed by atoms with Crippen LogP contribution in [0.3, 0.4) is 0 Å². The second-order valence-electron chi connectivity index (χ2n) is 4.84. The highest BCUT2D eigenvalue weighted by atomic mass is 32.1. The van der Waals surface area contributed by atoms with E-state index in [1.165, 1.54) is 35.4 Å². The van der Waals surface area contributed by atoms with Gasteiger partial charge >= 0.3 is 0 Å². The molecule has 0 amide bonds. The molecule has 1 aliphatic rings. The third kappa shape index (κ3) is 3.05. The Balaban J connectivity index is 1.46. The first-order valence-electron chi connectivity index (χ1n) is 6.47. The minimum Gasteiger partial charge on any atom is -0.310 e. The van der Waals surface area contributed by atoms with Crippen LogP contribution in [0.15, 0.2) is 24.3 Å². The van der Waals surface area contributed by atoms with Crippen LogP contribution in [0.4, 0.5) is 0 Å². The van der Waals surface area contributed by atoms with Gasteiger partial charge in [0.25, 0.3) is 0 Å². The van der Waals surface area contributed by atoms with Gasteiger partial charge in [0.15, 0.2) is 0 Å². The van der Waals surface area contributed by atoms with E-state index in [0.29, 0.717) is 0 Å². The molecule has 0 bridgehead atoms. The molecule has 1 aliphatic carbocycles. The summed E-state index contributed by atoms with van der Waals surface area (Å²) in [5.41, 5.74) is 1.13. The summed E-state index contributed by atoms with van der Waals surface area (Å²) < 4.78 is 1.29. The summed E-state index contributed by atoms with van der Waals surface area (Å²) in [6, 6.07) is 8.36. The van der Waals surface area contributed by atoms with Crippen LogP contribution in [0.25, 0.3) is 10.2 Å². The maximum absolute atomic E-state index is 4.61. The highest BCUT2D eigenvalue weighted by molar-refractivity contribution is 7.18. The number of hydrogen-bond donors (Lipinski definition) is 1. The standard InChI is InChI=1S/C14H18N2S/c1-2-6-13-12(5-1)16-14(17-13)10-15-9-3-4-11-7-8-11/h1-2,5-6,11,15H,3-4,7-10H2. The molecule has 1 aromatic heterocycles. The summed E-state index contributed by atoms with van der Waals surface area (Å²) in [7, 11) is 0. The molecule has 90 valence electrons. The Bertz CT molecular complexity index is 455. The normalized spacial score (nSPS) is 15.5. The monoisotopic (exact) mass is 246 g/mol. The first kappa shape index (κ1) is 11.2. The molecule has 0 radical (unpaired) electrons. The van der Waals surface area contributed by atoms with Crippen LogP contribution in [-0.4, -0.2) is 11.5 Å². The zero-order valence-electron chi connectivity index (χ0n) is 9.98. The number of aromatic nitrogens is 1. The second kappa shape index (κ2) is 5.15. The van der Waals surface area contributed by atoms with Crippen molar-refractivity contribution in [2.24, 2.45) is 5.92 Å². The Kier molecular flexibility index (Phi) is 3.39. The van der Waals surface area contributed by atoms with E-state index in [-0.39, 0.29) is 0 Å². The maximum atomic E-state index is 4.61. The average Bonchev–Trinajstić information content (AvgIpc) is 3.07. The van der Waals surface area contributed by atoms with E-state index in [1.807, 2.05) is 0 Å². The van der Waals surface area contributed by atoms with Crippen molar-refractivity contribution in [3.05, 3.63) is 29.3 Å². The van der Waals surface area contributed by atoms with Crippen molar-refractivity contribution < 1.29 is 0 Å². The van der Waals surface area contributed by atoms with E-state index in [9.17, 15) is 0 Å². The van der Waals surface area contributed by atoms with Gasteiger partial charge < -0.3 is 5.32 Å². The van der Waals surface area contributed by atoms with Gasteiger partial charge in [-0.25, -0.2) is 4.98 Å². The fraction of sp³-hybridized carbons (Fsp3) is 0.500. The summed E-state index contributed by atoms with van der Waals surface area (Å²) in [6.45, 7) is 2.05. The predicted molar refractivity (Wildman–Crippen MR) is 73.3 cm³/mol. The Labute approximate surface area is 106 Å². The number of nitrogens with one attached hydrogen (secondary N) is 1. The first-order chi connectivity index (χ1) is 8.42. The number of rotatable bonds is 6. The van der Waals surface area contributed by atoms with E-state index in [2.05, 4.69) is 34.6 Å². The van der Waals surface area contributed by atoms with E-state index in [0.717, 1.165) is 24.5 Å². The lowest BCUT2D eigenvalue weighted by Gasteiger charge is -2.01. The Morgan fingerprint density at radius 2 is 2.18 bits per heavy atom. The van der Waals surface area contributed by atoms with Crippen LogP contribution in [-0.2, 0) is 6.54 Å². The molecule has 0 saturated heterocycles. The number of para-hydroxylation sites is 1. The van der Waals surface area contributed by atoms with Crippen molar-refractivity contribution in [3.63, 3.8) is 0 Å². The molecule has 17 heavy (non-hydrogen) atoms. The third-order valence-corrected chi connectivity index (χ3v) is 4.31. The predicted octanol–water partition coefficient (Wildman–Crippen LogP) is 3.58. The van der Waals surface area contributed by atoms with Gasteiger partial charge in [0.05, 0.1) is 10.2 Å². The molecule has 1 fully saturated rings. The summed E-state index contributed by atoms with van der Waals surface area (Å²) in [6.07, 6.45) is 5.66. The summed E-state index contributed by atoms with van der Waals surface area (Å²) in [5.74, 6) is 1.05. The van der Waals surface area contributed by atoms with E-state index < -0.39 is 0 Å². The van der Waals surface area contributed by atoms with Crippen molar-refractivity contribution in [1.29, 1.82) is 0 Å². The van der Waals surface area contributed by atoms with Crippen molar-refractivity contribution in [2.45, 2.75) is 32.2 Å². The zero-order valence-corrected chi connectivity index (χ0v) is 10.8. The number of fused-ring (bicyclic) bond motifs is 1. The molecule has 0 atom stereocenters. The number of hydrogen-bond acceptors (Lipinski definition) is 3. The summed E-state index contributed by atoms with van der Waals surface area (Å²) in [4.78, 5) is 4.61. The van der Waals surface area contributed by atoms with E-state index >= 15 is 0 Å². The summed E-state index contributed by atoms with van der Waals surface area (Å²) in [5, 5.41) is 4.70. The SMILES string of the molecule is c1ccc2sc(CNCCCC3CC3)nc2c1. The van der Waals surface area contributed by atoms with Crippen LogP contribution in [0.2, 0.25) is 0 Å². The van der Waals surface area contributed by atoms with Crippen LogP contribution in [0.1, 0.15) is 30.7 Å². The van der Waals surface area contributed by atoms with Crippen molar-refractivity contribution in [3.8, 4) is 0 Å². The fourth-order valence-corrected chi connectivity index (χ4v) is 3.05. The van der Waals surface area contributed by atoms with Gasteiger partial charge in [0.1, 0.15) is 5.01 Å². The Morgan fingerprint density at radius 3 is 3.00 bits per heavy atom. The molecule has 1 saturated carbocycles. The summed E-state index contributed by atoms with van der Waals surface area (Å²) >= 11 is 1.80. The third-order valence-electron chi connectivity index (χ3n) is 3.28. The quantitative estimate of drug-likeness (QED) is 0.788. The molecule has 1 aromatic carbocycles. The van der Waals surface area contributed by atoms with Gasteiger partial charge in [-0.2, -0.15) is 0 Å². The molecule has 3 rings (SSSR count). The van der Waals surface area contributed by atoms with Gasteiger partial charge in [-0.3, -0.25) is 0 Å². The highest BCUT2D eigenvalue weighted by Crippen LogP contribution is 2.33. The zero-order chi connectivity index (χ0) is 11.5. The lowest BCUT2D eigenvalue weighted by molar-refractivity contribution is 0.593. The topological polar surface area (TPSA) is 24.9 Å². The van der Waals surface area contributed by atoms with E-state index in [4.69, 9.17) is 0 Å². The van der Waals surface area contributed by atoms with Crippen molar-refractivity contribution in [2.75, 3.05) is 6.54 Å². The van der Waals surface area contributed by atoms with Gasteiger partial charge in [-0.05, 0) is 37.4 Å². The molecule has 1 N–H and O–H groups in total.